The minimum atomic E-state index is -4.54. The molecule has 73 heavy (non-hydrogen) atoms. The molecule has 0 aliphatic heterocycles. The normalized spacial score (nSPS) is 13.9. The van der Waals surface area contributed by atoms with Gasteiger partial charge in [-0.2, -0.15) is 0 Å². The van der Waals surface area contributed by atoms with E-state index in [-0.39, 0.29) is 25.8 Å². The van der Waals surface area contributed by atoms with Gasteiger partial charge in [0.2, 0.25) is 0 Å². The van der Waals surface area contributed by atoms with Crippen molar-refractivity contribution in [1.29, 1.82) is 0 Å². The second-order valence-corrected chi connectivity index (χ2v) is 23.1. The van der Waals surface area contributed by atoms with E-state index in [1.54, 1.807) is 0 Å². The van der Waals surface area contributed by atoms with Crippen LogP contribution >= 0.6 is 7.82 Å². The van der Waals surface area contributed by atoms with Crippen LogP contribution in [0.1, 0.15) is 271 Å². The molecule has 0 amide bonds. The first-order chi connectivity index (χ1) is 35.6. The van der Waals surface area contributed by atoms with Crippen molar-refractivity contribution in [3.63, 3.8) is 0 Å². The first kappa shape index (κ1) is 70.9. The quantitative estimate of drug-likeness (QED) is 0.0197. The predicted molar refractivity (Wildman–Crippen MR) is 314 cm³/mol. The van der Waals surface area contributed by atoms with Gasteiger partial charge in [0, 0.05) is 13.0 Å². The number of nitrogens with zero attached hydrogens (tertiary/aromatic N) is 1. The number of phosphoric acid groups is 1. The summed E-state index contributed by atoms with van der Waals surface area (Å²) in [6.07, 6.45) is 75.2. The van der Waals surface area contributed by atoms with Gasteiger partial charge in [0.05, 0.1) is 34.4 Å². The summed E-state index contributed by atoms with van der Waals surface area (Å²) < 4.78 is 34.9. The van der Waals surface area contributed by atoms with Crippen molar-refractivity contribution in [3.8, 4) is 0 Å². The lowest BCUT2D eigenvalue weighted by Gasteiger charge is -2.28. The SMILES string of the molecule is CC/C=C\C/C=C\C/C=C\C/C=C\C/C=C\CCCCCCCCCCCCOCC(COP(=O)([O-])OCC[N+](C)(C)C)OC(=O)CCCCCCCCCCCCCCC/C=C\CCCCCCCCCC. The number of ether oxygens (including phenoxy) is 2. The van der Waals surface area contributed by atoms with Crippen LogP contribution in [0.4, 0.5) is 0 Å². The second kappa shape index (κ2) is 56.2. The highest BCUT2D eigenvalue weighted by atomic mass is 31.2. The molecule has 0 aliphatic rings. The summed E-state index contributed by atoms with van der Waals surface area (Å²) in [6.45, 7) is 5.32. The van der Waals surface area contributed by atoms with Crippen LogP contribution in [-0.4, -0.2) is 70.7 Å². The zero-order valence-corrected chi connectivity index (χ0v) is 49.5. The number of hydrogen-bond donors (Lipinski definition) is 0. The van der Waals surface area contributed by atoms with Crippen molar-refractivity contribution in [2.45, 2.75) is 277 Å². The fourth-order valence-corrected chi connectivity index (χ4v) is 9.30. The first-order valence-electron chi connectivity index (χ1n) is 30.7. The number of allylic oxidation sites excluding steroid dienone is 12. The van der Waals surface area contributed by atoms with E-state index in [1.807, 2.05) is 21.1 Å². The summed E-state index contributed by atoms with van der Waals surface area (Å²) in [5.41, 5.74) is 0. The Morgan fingerprint density at radius 2 is 0.795 bits per heavy atom. The average Bonchev–Trinajstić information content (AvgIpc) is 3.35. The van der Waals surface area contributed by atoms with Crippen molar-refractivity contribution in [2.75, 3.05) is 54.1 Å². The molecule has 0 radical (unpaired) electrons. The van der Waals surface area contributed by atoms with Crippen molar-refractivity contribution in [1.82, 2.24) is 0 Å². The topological polar surface area (TPSA) is 94.1 Å². The number of carbonyl (C=O) groups excluding carboxylic acids is 1. The van der Waals surface area contributed by atoms with Crippen LogP contribution in [0, 0.1) is 0 Å². The van der Waals surface area contributed by atoms with Crippen molar-refractivity contribution in [3.05, 3.63) is 72.9 Å². The summed E-state index contributed by atoms with van der Waals surface area (Å²) in [5, 5.41) is 0. The van der Waals surface area contributed by atoms with E-state index in [0.29, 0.717) is 24.1 Å². The highest BCUT2D eigenvalue weighted by Gasteiger charge is 2.20. The Balaban J connectivity index is 4.05. The number of esters is 1. The lowest BCUT2D eigenvalue weighted by atomic mass is 10.0. The molecule has 0 bridgehead atoms. The molecule has 0 saturated carbocycles. The third-order valence-corrected chi connectivity index (χ3v) is 14.2. The summed E-state index contributed by atoms with van der Waals surface area (Å²) in [6, 6.07) is 0. The van der Waals surface area contributed by atoms with Gasteiger partial charge in [-0.15, -0.1) is 0 Å². The fraction of sp³-hybridized carbons (Fsp3) is 0.797. The van der Waals surface area contributed by atoms with Gasteiger partial charge in [-0.3, -0.25) is 9.36 Å². The number of hydrogen-bond acceptors (Lipinski definition) is 7. The van der Waals surface area contributed by atoms with E-state index in [1.165, 1.54) is 186 Å². The van der Waals surface area contributed by atoms with Crippen molar-refractivity contribution < 1.29 is 37.3 Å². The Bertz CT molecular complexity index is 1400. The number of likely N-dealkylation sites (N-methyl/N-ethyl adjacent to an activating group) is 1. The number of unbranched alkanes of at least 4 members (excludes halogenated alkanes) is 31. The largest absolute Gasteiger partial charge is 0.756 e. The zero-order chi connectivity index (χ0) is 53.3. The van der Waals surface area contributed by atoms with E-state index < -0.39 is 13.9 Å². The standard InChI is InChI=1S/C64H118NO7P/c1-6-8-10-12-14-16-18-20-22-24-26-28-30-32-34-36-38-40-42-44-46-48-50-52-54-56-59-69-61-63(62-71-73(67,68)70-60-58-65(3,4)5)72-64(66)57-55-53-51-49-47-45-43-41-39-37-35-33-31-29-27-25-23-21-19-17-15-13-11-9-7-2/h8,10,14,16,20,22,25-28,32,34,63H,6-7,9,11-13,15,17-19,21,23-24,29-31,33,35-62H2,1-5H3/b10-8-,16-14-,22-20-,27-25-,28-26-,34-32-. The number of rotatable bonds is 57. The Hall–Kier alpha value is -2.06. The van der Waals surface area contributed by atoms with Crippen molar-refractivity contribution >= 4 is 13.8 Å². The minimum Gasteiger partial charge on any atom is -0.756 e. The van der Waals surface area contributed by atoms with E-state index in [9.17, 15) is 14.3 Å². The van der Waals surface area contributed by atoms with Gasteiger partial charge in [0.1, 0.15) is 19.3 Å². The highest BCUT2D eigenvalue weighted by Crippen LogP contribution is 2.38. The lowest BCUT2D eigenvalue weighted by molar-refractivity contribution is -0.870. The highest BCUT2D eigenvalue weighted by molar-refractivity contribution is 7.45. The molecule has 0 heterocycles. The molecule has 2 atom stereocenters. The molecule has 8 nitrogen and oxygen atoms in total. The molecule has 0 aromatic heterocycles. The Kier molecular flexibility index (Phi) is 54.6. The third kappa shape index (κ3) is 60.7. The molecular weight excluding hydrogens is 926 g/mol. The van der Waals surface area contributed by atoms with Crippen LogP contribution < -0.4 is 4.89 Å². The number of phosphoric ester groups is 1. The molecule has 0 fully saturated rings. The van der Waals surface area contributed by atoms with E-state index in [2.05, 4.69) is 86.8 Å². The van der Waals surface area contributed by atoms with Crippen molar-refractivity contribution in [2.24, 2.45) is 0 Å². The molecule has 0 aliphatic carbocycles. The molecule has 426 valence electrons. The summed E-state index contributed by atoms with van der Waals surface area (Å²) in [4.78, 5) is 25.3. The molecule has 0 saturated heterocycles. The smallest absolute Gasteiger partial charge is 0.306 e. The molecule has 0 aromatic rings. The van der Waals surface area contributed by atoms with Gasteiger partial charge in [0.25, 0.3) is 7.82 Å². The maximum absolute atomic E-state index is 12.8. The molecule has 2 unspecified atom stereocenters. The minimum absolute atomic E-state index is 0.0234. The summed E-state index contributed by atoms with van der Waals surface area (Å²) >= 11 is 0. The van der Waals surface area contributed by atoms with Crippen LogP contribution in [0.25, 0.3) is 0 Å². The monoisotopic (exact) mass is 1040 g/mol. The van der Waals surface area contributed by atoms with Gasteiger partial charge in [0.15, 0.2) is 0 Å². The van der Waals surface area contributed by atoms with Gasteiger partial charge < -0.3 is 27.9 Å². The van der Waals surface area contributed by atoms with Gasteiger partial charge in [-0.1, -0.05) is 254 Å². The van der Waals surface area contributed by atoms with Crippen LogP contribution in [0.15, 0.2) is 72.9 Å². The Morgan fingerprint density at radius 1 is 0.438 bits per heavy atom. The summed E-state index contributed by atoms with van der Waals surface area (Å²) in [5.74, 6) is -0.334. The Labute approximate surface area is 453 Å². The predicted octanol–water partition coefficient (Wildman–Crippen LogP) is 19.1. The zero-order valence-electron chi connectivity index (χ0n) is 48.6. The van der Waals surface area contributed by atoms with E-state index >= 15 is 0 Å². The molecule has 0 spiro atoms. The maximum Gasteiger partial charge on any atom is 0.306 e. The number of carbonyl (C=O) groups is 1. The molecule has 0 N–H and O–H groups in total. The third-order valence-electron chi connectivity index (χ3n) is 13.2. The van der Waals surface area contributed by atoms with Gasteiger partial charge in [-0.05, 0) is 83.5 Å². The maximum atomic E-state index is 12.8. The van der Waals surface area contributed by atoms with Crippen LogP contribution in [0.5, 0.6) is 0 Å². The van der Waals surface area contributed by atoms with Gasteiger partial charge >= 0.3 is 5.97 Å². The van der Waals surface area contributed by atoms with Gasteiger partial charge in [-0.25, -0.2) is 0 Å². The average molecular weight is 1040 g/mol. The van der Waals surface area contributed by atoms with Crippen LogP contribution in [-0.2, 0) is 27.9 Å². The summed E-state index contributed by atoms with van der Waals surface area (Å²) in [7, 11) is 1.36. The second-order valence-electron chi connectivity index (χ2n) is 21.7. The molecule has 9 heteroatoms. The molecule has 0 rings (SSSR count). The molecular formula is C64H118NO7P. The Morgan fingerprint density at radius 3 is 1.21 bits per heavy atom. The van der Waals surface area contributed by atoms with Crippen LogP contribution in [0.3, 0.4) is 0 Å². The molecule has 0 aromatic carbocycles. The lowest BCUT2D eigenvalue weighted by Crippen LogP contribution is -2.37. The van der Waals surface area contributed by atoms with E-state index in [0.717, 1.165) is 64.2 Å². The van der Waals surface area contributed by atoms with Crippen LogP contribution in [0.2, 0.25) is 0 Å². The number of quaternary nitrogens is 1. The first-order valence-corrected chi connectivity index (χ1v) is 32.1. The van der Waals surface area contributed by atoms with E-state index in [4.69, 9.17) is 18.5 Å². The fourth-order valence-electron chi connectivity index (χ4n) is 8.57.